The first kappa shape index (κ1) is 18.5. The fourth-order valence-corrected chi connectivity index (χ4v) is 4.12. The number of para-hydroxylation sites is 1. The molecule has 0 bridgehead atoms. The summed E-state index contributed by atoms with van der Waals surface area (Å²) in [6, 6.07) is 25.9. The topological polar surface area (TPSA) is 49.3 Å². The van der Waals surface area contributed by atoms with E-state index in [4.69, 9.17) is 0 Å². The van der Waals surface area contributed by atoms with Crippen molar-refractivity contribution >= 4 is 17.2 Å². The number of Topliss-reactive ketones (excluding diaryl/α,β-unsaturated/α-hetero) is 1. The molecule has 4 rings (SSSR count). The van der Waals surface area contributed by atoms with Gasteiger partial charge in [0.1, 0.15) is 0 Å². The lowest BCUT2D eigenvalue weighted by Crippen LogP contribution is -2.30. The van der Waals surface area contributed by atoms with Gasteiger partial charge in [-0.25, -0.2) is 0 Å². The van der Waals surface area contributed by atoms with Crippen molar-refractivity contribution in [3.05, 3.63) is 95.6 Å². The van der Waals surface area contributed by atoms with Gasteiger partial charge in [0.2, 0.25) is 0 Å². The summed E-state index contributed by atoms with van der Waals surface area (Å²) in [4.78, 5) is 12.5. The summed E-state index contributed by atoms with van der Waals surface area (Å²) < 4.78 is 0. The molecule has 0 fully saturated rings. The molecule has 3 atom stereocenters. The van der Waals surface area contributed by atoms with E-state index in [0.717, 1.165) is 23.4 Å². The number of aliphatic hydroxyl groups excluding tert-OH is 1. The van der Waals surface area contributed by atoms with Gasteiger partial charge in [0.05, 0.1) is 6.10 Å². The van der Waals surface area contributed by atoms with Gasteiger partial charge in [-0.05, 0) is 53.6 Å². The highest BCUT2D eigenvalue weighted by molar-refractivity contribution is 5.98. The van der Waals surface area contributed by atoms with Gasteiger partial charge < -0.3 is 10.4 Å². The predicted molar refractivity (Wildman–Crippen MR) is 113 cm³/mol. The third-order valence-corrected chi connectivity index (χ3v) is 5.71. The summed E-state index contributed by atoms with van der Waals surface area (Å²) in [6.07, 6.45) is 0.665. The van der Waals surface area contributed by atoms with Crippen molar-refractivity contribution in [2.75, 3.05) is 5.32 Å². The summed E-state index contributed by atoms with van der Waals surface area (Å²) in [6.45, 7) is 2.13. The summed E-state index contributed by atoms with van der Waals surface area (Å²) >= 11 is 0. The molecule has 142 valence electrons. The molecule has 0 amide bonds. The Hall–Kier alpha value is -2.91. The normalized spacial score (nSPS) is 19.7. The number of carbonyl (C=O) groups excluding carboxylic acids is 1. The Morgan fingerprint density at radius 2 is 1.57 bits per heavy atom. The summed E-state index contributed by atoms with van der Waals surface area (Å²) in [5, 5.41) is 14.2. The molecule has 0 spiro atoms. The first-order chi connectivity index (χ1) is 13.6. The molecule has 0 saturated carbocycles. The van der Waals surface area contributed by atoms with Gasteiger partial charge >= 0.3 is 0 Å². The van der Waals surface area contributed by atoms with E-state index in [-0.39, 0.29) is 17.6 Å². The Labute approximate surface area is 166 Å². The van der Waals surface area contributed by atoms with Crippen molar-refractivity contribution < 1.29 is 9.90 Å². The predicted octanol–water partition coefficient (Wildman–Crippen LogP) is 5.55. The lowest BCUT2D eigenvalue weighted by atomic mass is 9.73. The Balaban J connectivity index is 1.44. The molecular formula is C25H25NO2. The molecule has 2 N–H and O–H groups in total. The highest BCUT2D eigenvalue weighted by atomic mass is 16.3. The molecule has 0 heterocycles. The molecule has 0 radical (unpaired) electrons. The van der Waals surface area contributed by atoms with E-state index in [0.29, 0.717) is 12.0 Å². The maximum atomic E-state index is 12.5. The summed E-state index contributed by atoms with van der Waals surface area (Å²) in [5.74, 6) is 0.296. The first-order valence-electron chi connectivity index (χ1n) is 9.83. The number of ketones is 1. The molecule has 3 nitrogen and oxygen atoms in total. The Morgan fingerprint density at radius 1 is 0.929 bits per heavy atom. The van der Waals surface area contributed by atoms with Gasteiger partial charge in [0, 0.05) is 23.4 Å². The zero-order chi connectivity index (χ0) is 19.5. The third kappa shape index (κ3) is 3.85. The van der Waals surface area contributed by atoms with Gasteiger partial charge in [-0.1, -0.05) is 61.5 Å². The van der Waals surface area contributed by atoms with Crippen molar-refractivity contribution in [1.82, 2.24) is 0 Å². The van der Waals surface area contributed by atoms with E-state index in [9.17, 15) is 9.90 Å². The van der Waals surface area contributed by atoms with Crippen LogP contribution < -0.4 is 5.32 Å². The lowest BCUT2D eigenvalue weighted by molar-refractivity contribution is 0.0526. The second-order valence-electron chi connectivity index (χ2n) is 7.69. The maximum Gasteiger partial charge on any atom is 0.163 e. The number of benzene rings is 3. The van der Waals surface area contributed by atoms with Crippen LogP contribution in [0.5, 0.6) is 0 Å². The number of hydrogen-bond donors (Lipinski definition) is 2. The number of anilines is 2. The minimum Gasteiger partial charge on any atom is -0.388 e. The minimum atomic E-state index is -0.581. The SMILES string of the molecule is CC(Cc1ccc(Nc2ccccc2)cc1)C1CC(=O)c2ccccc2C1O. The van der Waals surface area contributed by atoms with E-state index in [2.05, 4.69) is 36.5 Å². The lowest BCUT2D eigenvalue weighted by Gasteiger charge is -2.33. The number of rotatable bonds is 5. The Kier molecular flexibility index (Phi) is 5.27. The first-order valence-corrected chi connectivity index (χ1v) is 9.83. The average molecular weight is 371 g/mol. The second kappa shape index (κ2) is 7.99. The van der Waals surface area contributed by atoms with Crippen molar-refractivity contribution in [2.24, 2.45) is 11.8 Å². The van der Waals surface area contributed by atoms with Crippen LogP contribution in [0.4, 0.5) is 11.4 Å². The van der Waals surface area contributed by atoms with Gasteiger partial charge in [-0.2, -0.15) is 0 Å². The number of aliphatic hydroxyl groups is 1. The zero-order valence-electron chi connectivity index (χ0n) is 16.0. The molecule has 3 aromatic carbocycles. The molecule has 28 heavy (non-hydrogen) atoms. The van der Waals surface area contributed by atoms with Crippen LogP contribution in [0.3, 0.4) is 0 Å². The third-order valence-electron chi connectivity index (χ3n) is 5.71. The van der Waals surface area contributed by atoms with Crippen LogP contribution >= 0.6 is 0 Å². The number of carbonyl (C=O) groups is 1. The van der Waals surface area contributed by atoms with E-state index >= 15 is 0 Å². The molecular weight excluding hydrogens is 346 g/mol. The molecule has 3 aromatic rings. The fraction of sp³-hybridized carbons (Fsp3) is 0.240. The monoisotopic (exact) mass is 371 g/mol. The van der Waals surface area contributed by atoms with Gasteiger partial charge in [0.15, 0.2) is 5.78 Å². The maximum absolute atomic E-state index is 12.5. The molecule has 3 unspecified atom stereocenters. The van der Waals surface area contributed by atoms with Gasteiger partial charge in [0.25, 0.3) is 0 Å². The van der Waals surface area contributed by atoms with E-state index in [1.54, 1.807) is 0 Å². The van der Waals surface area contributed by atoms with Crippen LogP contribution in [0.25, 0.3) is 0 Å². The fourth-order valence-electron chi connectivity index (χ4n) is 4.12. The van der Waals surface area contributed by atoms with Crippen LogP contribution in [-0.2, 0) is 6.42 Å². The number of fused-ring (bicyclic) bond motifs is 1. The van der Waals surface area contributed by atoms with E-state index in [1.165, 1.54) is 5.56 Å². The number of nitrogens with one attached hydrogen (secondary N) is 1. The highest BCUT2D eigenvalue weighted by Crippen LogP contribution is 2.39. The van der Waals surface area contributed by atoms with Crippen LogP contribution in [0.15, 0.2) is 78.9 Å². The molecule has 0 aliphatic heterocycles. The van der Waals surface area contributed by atoms with Crippen molar-refractivity contribution in [2.45, 2.75) is 25.9 Å². The van der Waals surface area contributed by atoms with E-state index < -0.39 is 6.10 Å². The van der Waals surface area contributed by atoms with E-state index in [1.807, 2.05) is 54.6 Å². The van der Waals surface area contributed by atoms with Crippen LogP contribution in [0.1, 0.15) is 40.9 Å². The summed E-state index contributed by atoms with van der Waals surface area (Å²) in [7, 11) is 0. The average Bonchev–Trinajstić information content (AvgIpc) is 2.73. The van der Waals surface area contributed by atoms with Crippen LogP contribution in [0.2, 0.25) is 0 Å². The Bertz CT molecular complexity index is 950. The minimum absolute atomic E-state index is 0.0514. The molecule has 0 aromatic heterocycles. The van der Waals surface area contributed by atoms with Gasteiger partial charge in [-0.15, -0.1) is 0 Å². The van der Waals surface area contributed by atoms with Gasteiger partial charge in [-0.3, -0.25) is 4.79 Å². The van der Waals surface area contributed by atoms with Crippen molar-refractivity contribution in [3.63, 3.8) is 0 Å². The van der Waals surface area contributed by atoms with Crippen molar-refractivity contribution in [3.8, 4) is 0 Å². The standard InChI is InChI=1S/C25H25NO2/c1-17(23-16-24(27)21-9-5-6-10-22(21)25(23)28)15-18-11-13-20(14-12-18)26-19-7-3-2-4-8-19/h2-14,17,23,25-26,28H,15-16H2,1H3. The number of hydrogen-bond acceptors (Lipinski definition) is 3. The van der Waals surface area contributed by atoms with Crippen LogP contribution in [0, 0.1) is 11.8 Å². The molecule has 1 aliphatic rings. The zero-order valence-corrected chi connectivity index (χ0v) is 16.0. The summed E-state index contributed by atoms with van der Waals surface area (Å²) in [5.41, 5.74) is 4.77. The van der Waals surface area contributed by atoms with Crippen LogP contribution in [-0.4, -0.2) is 10.9 Å². The Morgan fingerprint density at radius 3 is 2.32 bits per heavy atom. The highest BCUT2D eigenvalue weighted by Gasteiger charge is 2.35. The second-order valence-corrected chi connectivity index (χ2v) is 7.69. The molecule has 3 heteroatoms. The smallest absolute Gasteiger partial charge is 0.163 e. The molecule has 1 aliphatic carbocycles. The van der Waals surface area contributed by atoms with Crippen molar-refractivity contribution in [1.29, 1.82) is 0 Å². The largest absolute Gasteiger partial charge is 0.388 e. The molecule has 0 saturated heterocycles. The quantitative estimate of drug-likeness (QED) is 0.619.